The molecule has 2 saturated heterocycles. The number of aromatic nitrogens is 4. The molecule has 3 aromatic rings. The highest BCUT2D eigenvalue weighted by atomic mass is 16.5. The zero-order chi connectivity index (χ0) is 23.5. The second kappa shape index (κ2) is 10.2. The number of para-hydroxylation sites is 1. The molecular formula is C26H37N7O. The summed E-state index contributed by atoms with van der Waals surface area (Å²) in [4.78, 5) is 12.1. The minimum absolute atomic E-state index is 0.0483. The summed E-state index contributed by atoms with van der Waals surface area (Å²) in [6, 6.07) is 9.17. The van der Waals surface area contributed by atoms with Gasteiger partial charge in [0.25, 0.3) is 0 Å². The molecule has 2 aromatic heterocycles. The average Bonchev–Trinajstić information content (AvgIpc) is 3.30. The SMILES string of the molecule is CC(C)c1cnn2c(NC(C)c3ccccc3N3CCCCC3)nc(O[C@@H]3CCCNC3)nc12. The first-order valence-electron chi connectivity index (χ1n) is 12.8. The molecular weight excluding hydrogens is 426 g/mol. The zero-order valence-electron chi connectivity index (χ0n) is 20.6. The second-order valence-electron chi connectivity index (χ2n) is 9.88. The van der Waals surface area contributed by atoms with E-state index in [2.05, 4.69) is 65.7 Å². The van der Waals surface area contributed by atoms with Crippen LogP contribution in [0.15, 0.2) is 30.5 Å². The number of hydrogen-bond acceptors (Lipinski definition) is 7. The van der Waals surface area contributed by atoms with E-state index in [-0.39, 0.29) is 12.1 Å². The number of hydrogen-bond donors (Lipinski definition) is 2. The van der Waals surface area contributed by atoms with Gasteiger partial charge in [0.2, 0.25) is 5.95 Å². The molecule has 1 unspecified atom stereocenters. The maximum Gasteiger partial charge on any atom is 0.322 e. The van der Waals surface area contributed by atoms with Crippen molar-refractivity contribution in [1.29, 1.82) is 0 Å². The number of ether oxygens (including phenoxy) is 1. The number of benzene rings is 1. The molecule has 8 nitrogen and oxygen atoms in total. The van der Waals surface area contributed by atoms with Crippen LogP contribution in [-0.2, 0) is 0 Å². The molecule has 2 aliphatic rings. The first-order chi connectivity index (χ1) is 16.6. The molecule has 8 heteroatoms. The molecule has 0 amide bonds. The number of nitrogens with one attached hydrogen (secondary N) is 2. The van der Waals surface area contributed by atoms with Gasteiger partial charge in [0.15, 0.2) is 5.65 Å². The van der Waals surface area contributed by atoms with E-state index in [0.717, 1.165) is 50.2 Å². The Labute approximate surface area is 202 Å². The Morgan fingerprint density at radius 3 is 2.62 bits per heavy atom. The van der Waals surface area contributed by atoms with Gasteiger partial charge in [-0.25, -0.2) is 0 Å². The highest BCUT2D eigenvalue weighted by molar-refractivity contribution is 5.58. The Morgan fingerprint density at radius 1 is 1.03 bits per heavy atom. The fraction of sp³-hybridized carbons (Fsp3) is 0.577. The molecule has 2 aliphatic heterocycles. The Bertz CT molecular complexity index is 1100. The molecule has 2 atom stereocenters. The monoisotopic (exact) mass is 463 g/mol. The normalized spacial score (nSPS) is 20.0. The fourth-order valence-electron chi connectivity index (χ4n) is 5.05. The standard InChI is InChI=1S/C26H37N7O/c1-18(2)22-17-28-33-24(22)30-26(34-20-10-9-13-27-16-20)31-25(33)29-19(3)21-11-5-6-12-23(21)32-14-7-4-8-15-32/h5-6,11-12,17-20,27H,4,7-10,13-16H2,1-3H3,(H,29,30,31)/t19?,20-/m1/s1. The number of nitrogens with zero attached hydrogens (tertiary/aromatic N) is 5. The topological polar surface area (TPSA) is 79.6 Å². The third-order valence-electron chi connectivity index (χ3n) is 6.97. The number of piperidine rings is 2. The molecule has 0 saturated carbocycles. The van der Waals surface area contributed by atoms with Crippen molar-refractivity contribution >= 4 is 17.3 Å². The molecule has 0 spiro atoms. The lowest BCUT2D eigenvalue weighted by atomic mass is 10.0. The van der Waals surface area contributed by atoms with Crippen LogP contribution >= 0.6 is 0 Å². The number of fused-ring (bicyclic) bond motifs is 1. The summed E-state index contributed by atoms with van der Waals surface area (Å²) in [7, 11) is 0. The maximum atomic E-state index is 6.24. The molecule has 2 N–H and O–H groups in total. The third kappa shape index (κ3) is 4.82. The Morgan fingerprint density at radius 2 is 1.85 bits per heavy atom. The summed E-state index contributed by atoms with van der Waals surface area (Å²) in [6.07, 6.45) is 7.94. The van der Waals surface area contributed by atoms with Gasteiger partial charge >= 0.3 is 6.01 Å². The smallest absolute Gasteiger partial charge is 0.322 e. The van der Waals surface area contributed by atoms with Crippen molar-refractivity contribution in [2.24, 2.45) is 0 Å². The molecule has 0 aliphatic carbocycles. The molecule has 0 bridgehead atoms. The van der Waals surface area contributed by atoms with Crippen molar-refractivity contribution in [2.75, 3.05) is 36.4 Å². The lowest BCUT2D eigenvalue weighted by molar-refractivity contribution is 0.153. The summed E-state index contributed by atoms with van der Waals surface area (Å²) < 4.78 is 8.06. The Kier molecular flexibility index (Phi) is 6.85. The minimum Gasteiger partial charge on any atom is -0.459 e. The third-order valence-corrected chi connectivity index (χ3v) is 6.97. The number of anilines is 2. The van der Waals surface area contributed by atoms with Gasteiger partial charge in [-0.15, -0.1) is 0 Å². The molecule has 4 heterocycles. The predicted octanol–water partition coefficient (Wildman–Crippen LogP) is 4.54. The highest BCUT2D eigenvalue weighted by Gasteiger charge is 2.22. The van der Waals surface area contributed by atoms with Crippen LogP contribution in [0.5, 0.6) is 6.01 Å². The lowest BCUT2D eigenvalue weighted by Crippen LogP contribution is -2.37. The maximum absolute atomic E-state index is 6.24. The van der Waals surface area contributed by atoms with Gasteiger partial charge in [-0.1, -0.05) is 32.0 Å². The summed E-state index contributed by atoms with van der Waals surface area (Å²) in [6.45, 7) is 10.6. The van der Waals surface area contributed by atoms with Crippen LogP contribution in [0.25, 0.3) is 5.65 Å². The van der Waals surface area contributed by atoms with Crippen LogP contribution in [0.4, 0.5) is 11.6 Å². The molecule has 2 fully saturated rings. The van der Waals surface area contributed by atoms with Crippen LogP contribution in [0.1, 0.15) is 76.0 Å². The van der Waals surface area contributed by atoms with Crippen molar-refractivity contribution in [2.45, 2.75) is 70.9 Å². The van der Waals surface area contributed by atoms with Crippen LogP contribution in [0.3, 0.4) is 0 Å². The van der Waals surface area contributed by atoms with Crippen molar-refractivity contribution < 1.29 is 4.74 Å². The van der Waals surface area contributed by atoms with Gasteiger partial charge in [-0.3, -0.25) is 0 Å². The Hall–Kier alpha value is -2.87. The van der Waals surface area contributed by atoms with Crippen LogP contribution in [-0.4, -0.2) is 51.9 Å². The van der Waals surface area contributed by atoms with E-state index >= 15 is 0 Å². The summed E-state index contributed by atoms with van der Waals surface area (Å²) >= 11 is 0. The summed E-state index contributed by atoms with van der Waals surface area (Å²) in [5.74, 6) is 0.971. The van der Waals surface area contributed by atoms with E-state index in [0.29, 0.717) is 17.9 Å². The molecule has 34 heavy (non-hydrogen) atoms. The highest BCUT2D eigenvalue weighted by Crippen LogP contribution is 2.31. The molecule has 0 radical (unpaired) electrons. The van der Waals surface area contributed by atoms with Crippen molar-refractivity contribution in [3.8, 4) is 6.01 Å². The van der Waals surface area contributed by atoms with Gasteiger partial charge in [0, 0.05) is 30.9 Å². The summed E-state index contributed by atoms with van der Waals surface area (Å²) in [5, 5.41) is 11.7. The van der Waals surface area contributed by atoms with E-state index in [9.17, 15) is 0 Å². The second-order valence-corrected chi connectivity index (χ2v) is 9.88. The predicted molar refractivity (Wildman–Crippen MR) is 136 cm³/mol. The van der Waals surface area contributed by atoms with Gasteiger partial charge in [-0.2, -0.15) is 19.6 Å². The van der Waals surface area contributed by atoms with Gasteiger partial charge in [0.05, 0.1) is 12.2 Å². The van der Waals surface area contributed by atoms with Gasteiger partial charge in [0.1, 0.15) is 6.10 Å². The van der Waals surface area contributed by atoms with E-state index in [1.54, 1.807) is 0 Å². The fourth-order valence-corrected chi connectivity index (χ4v) is 5.05. The van der Waals surface area contributed by atoms with E-state index in [1.807, 2.05) is 10.7 Å². The summed E-state index contributed by atoms with van der Waals surface area (Å²) in [5.41, 5.74) is 4.48. The largest absolute Gasteiger partial charge is 0.459 e. The quantitative estimate of drug-likeness (QED) is 0.532. The van der Waals surface area contributed by atoms with Crippen LogP contribution in [0, 0.1) is 0 Å². The minimum atomic E-state index is 0.0483. The van der Waals surface area contributed by atoms with E-state index in [1.165, 1.54) is 30.5 Å². The van der Waals surface area contributed by atoms with Crippen LogP contribution < -0.4 is 20.3 Å². The lowest BCUT2D eigenvalue weighted by Gasteiger charge is -2.32. The van der Waals surface area contributed by atoms with Gasteiger partial charge in [-0.05, 0) is 63.1 Å². The molecule has 1 aromatic carbocycles. The van der Waals surface area contributed by atoms with Gasteiger partial charge < -0.3 is 20.3 Å². The molecule has 182 valence electrons. The Balaban J connectivity index is 1.47. The van der Waals surface area contributed by atoms with E-state index < -0.39 is 0 Å². The zero-order valence-corrected chi connectivity index (χ0v) is 20.6. The van der Waals surface area contributed by atoms with Crippen LogP contribution in [0.2, 0.25) is 0 Å². The average molecular weight is 464 g/mol. The molecule has 5 rings (SSSR count). The van der Waals surface area contributed by atoms with E-state index in [4.69, 9.17) is 14.7 Å². The van der Waals surface area contributed by atoms with Crippen molar-refractivity contribution in [3.05, 3.63) is 41.6 Å². The first kappa shape index (κ1) is 22.9. The van der Waals surface area contributed by atoms with Crippen molar-refractivity contribution in [1.82, 2.24) is 24.9 Å². The first-order valence-corrected chi connectivity index (χ1v) is 12.8. The van der Waals surface area contributed by atoms with Crippen molar-refractivity contribution in [3.63, 3.8) is 0 Å². The number of rotatable bonds is 7.